The number of methoxy groups -OCH3 is 1. The Morgan fingerprint density at radius 2 is 2.05 bits per heavy atom. The van der Waals surface area contributed by atoms with Crippen molar-refractivity contribution in [2.24, 2.45) is 0 Å². The highest BCUT2D eigenvalue weighted by atomic mass is 19.1. The highest BCUT2D eigenvalue weighted by Gasteiger charge is 2.27. The number of nitrogen functional groups attached to an aromatic ring is 1. The van der Waals surface area contributed by atoms with Crippen LogP contribution in [0.1, 0.15) is 24.6 Å². The Morgan fingerprint density at radius 1 is 1.26 bits per heavy atom. The molecule has 0 aliphatic heterocycles. The van der Waals surface area contributed by atoms with Gasteiger partial charge in [0.1, 0.15) is 23.2 Å². The van der Waals surface area contributed by atoms with Crippen LogP contribution in [0.25, 0.3) is 11.3 Å². The molecule has 4 nitrogen and oxygen atoms in total. The van der Waals surface area contributed by atoms with Crippen molar-refractivity contribution in [2.45, 2.75) is 18.8 Å². The van der Waals surface area contributed by atoms with Gasteiger partial charge in [0, 0.05) is 17.5 Å². The van der Waals surface area contributed by atoms with Gasteiger partial charge in [0.2, 0.25) is 0 Å². The van der Waals surface area contributed by atoms with Gasteiger partial charge in [-0.05, 0) is 31.0 Å². The molecule has 1 aliphatic carbocycles. The van der Waals surface area contributed by atoms with Gasteiger partial charge >= 0.3 is 0 Å². The monoisotopic (exact) mass is 259 g/mol. The number of hydrogen-bond acceptors (Lipinski definition) is 4. The van der Waals surface area contributed by atoms with Crippen LogP contribution in [0.3, 0.4) is 0 Å². The van der Waals surface area contributed by atoms with Crippen LogP contribution in [0.5, 0.6) is 5.75 Å². The maximum atomic E-state index is 13.4. The zero-order valence-electron chi connectivity index (χ0n) is 10.6. The van der Waals surface area contributed by atoms with E-state index in [1.54, 1.807) is 19.2 Å². The summed E-state index contributed by atoms with van der Waals surface area (Å²) in [7, 11) is 1.54. The molecule has 1 fully saturated rings. The zero-order chi connectivity index (χ0) is 13.4. The predicted molar refractivity (Wildman–Crippen MR) is 70.4 cm³/mol. The summed E-state index contributed by atoms with van der Waals surface area (Å²) >= 11 is 0. The van der Waals surface area contributed by atoms with E-state index < -0.39 is 0 Å². The van der Waals surface area contributed by atoms with Crippen molar-refractivity contribution in [3.05, 3.63) is 35.9 Å². The Hall–Kier alpha value is -2.17. The largest absolute Gasteiger partial charge is 0.496 e. The summed E-state index contributed by atoms with van der Waals surface area (Å²) in [5.74, 6) is 1.77. The maximum absolute atomic E-state index is 13.4. The minimum atomic E-state index is -0.332. The average molecular weight is 259 g/mol. The normalized spacial score (nSPS) is 14.4. The van der Waals surface area contributed by atoms with E-state index >= 15 is 0 Å². The molecule has 19 heavy (non-hydrogen) atoms. The van der Waals surface area contributed by atoms with Gasteiger partial charge in [0.05, 0.1) is 12.8 Å². The Bertz CT molecular complexity index is 626. The van der Waals surface area contributed by atoms with Gasteiger partial charge in [-0.25, -0.2) is 14.4 Å². The average Bonchev–Trinajstić information content (AvgIpc) is 3.22. The maximum Gasteiger partial charge on any atom is 0.134 e. The van der Waals surface area contributed by atoms with Crippen LogP contribution in [-0.4, -0.2) is 17.1 Å². The zero-order valence-corrected chi connectivity index (χ0v) is 10.6. The predicted octanol–water partition coefficient (Wildman–Crippen LogP) is 2.75. The fourth-order valence-corrected chi connectivity index (χ4v) is 2.03. The number of halogens is 1. The summed E-state index contributed by atoms with van der Waals surface area (Å²) in [6.45, 7) is 0. The third-order valence-corrected chi connectivity index (χ3v) is 3.14. The molecule has 0 unspecified atom stereocenters. The molecule has 0 saturated heterocycles. The number of aromatic nitrogens is 2. The standard InChI is InChI=1S/C14H14FN3O/c1-19-12-5-4-9(15)6-10(12)11-7-13(16)18-14(17-11)8-2-3-8/h4-8H,2-3H2,1H3,(H2,16,17,18). The lowest BCUT2D eigenvalue weighted by atomic mass is 10.1. The third kappa shape index (κ3) is 2.36. The first kappa shape index (κ1) is 11.9. The van der Waals surface area contributed by atoms with Gasteiger partial charge in [-0.15, -0.1) is 0 Å². The van der Waals surface area contributed by atoms with Crippen molar-refractivity contribution in [1.82, 2.24) is 9.97 Å². The molecule has 5 heteroatoms. The summed E-state index contributed by atoms with van der Waals surface area (Å²) < 4.78 is 18.7. The number of anilines is 1. The first-order valence-electron chi connectivity index (χ1n) is 6.16. The molecule has 98 valence electrons. The highest BCUT2D eigenvalue weighted by molar-refractivity contribution is 5.69. The van der Waals surface area contributed by atoms with Crippen molar-refractivity contribution in [3.63, 3.8) is 0 Å². The first-order chi connectivity index (χ1) is 9.17. The molecular formula is C14H14FN3O. The van der Waals surface area contributed by atoms with Crippen LogP contribution >= 0.6 is 0 Å². The Labute approximate surface area is 110 Å². The second-order valence-corrected chi connectivity index (χ2v) is 4.66. The minimum absolute atomic E-state index is 0.332. The molecule has 0 atom stereocenters. The number of rotatable bonds is 3. The molecule has 2 N–H and O–H groups in total. The second kappa shape index (κ2) is 4.50. The third-order valence-electron chi connectivity index (χ3n) is 3.14. The van der Waals surface area contributed by atoms with E-state index in [0.717, 1.165) is 18.7 Å². The molecule has 1 aliphatic rings. The van der Waals surface area contributed by atoms with E-state index in [1.807, 2.05) is 0 Å². The van der Waals surface area contributed by atoms with Crippen LogP contribution in [-0.2, 0) is 0 Å². The number of nitrogens with zero attached hydrogens (tertiary/aromatic N) is 2. The van der Waals surface area contributed by atoms with Gasteiger partial charge < -0.3 is 10.5 Å². The molecule has 2 aromatic rings. The SMILES string of the molecule is COc1ccc(F)cc1-c1cc(N)nc(C2CC2)n1. The quantitative estimate of drug-likeness (QED) is 0.920. The topological polar surface area (TPSA) is 61.0 Å². The molecule has 0 spiro atoms. The van der Waals surface area contributed by atoms with Crippen molar-refractivity contribution >= 4 is 5.82 Å². The molecule has 3 rings (SSSR count). The summed E-state index contributed by atoms with van der Waals surface area (Å²) in [5.41, 5.74) is 7.00. The van der Waals surface area contributed by atoms with E-state index in [1.165, 1.54) is 12.1 Å². The van der Waals surface area contributed by atoms with E-state index in [-0.39, 0.29) is 5.82 Å². The number of hydrogen-bond donors (Lipinski definition) is 1. The number of ether oxygens (including phenoxy) is 1. The number of nitrogens with two attached hydrogens (primary N) is 1. The molecule has 0 amide bonds. The molecule has 1 saturated carbocycles. The van der Waals surface area contributed by atoms with Gasteiger partial charge in [0.25, 0.3) is 0 Å². The van der Waals surface area contributed by atoms with E-state index in [9.17, 15) is 4.39 Å². The van der Waals surface area contributed by atoms with E-state index in [2.05, 4.69) is 9.97 Å². The van der Waals surface area contributed by atoms with Gasteiger partial charge in [-0.3, -0.25) is 0 Å². The molecule has 0 bridgehead atoms. The Balaban J connectivity index is 2.12. The lowest BCUT2D eigenvalue weighted by Gasteiger charge is -2.09. The fraction of sp³-hybridized carbons (Fsp3) is 0.286. The summed E-state index contributed by atoms with van der Waals surface area (Å²) in [6, 6.07) is 5.98. The van der Waals surface area contributed by atoms with Crippen molar-refractivity contribution in [1.29, 1.82) is 0 Å². The van der Waals surface area contributed by atoms with Crippen LogP contribution in [0, 0.1) is 5.82 Å². The van der Waals surface area contributed by atoms with Crippen molar-refractivity contribution < 1.29 is 9.13 Å². The van der Waals surface area contributed by atoms with Crippen LogP contribution in [0.4, 0.5) is 10.2 Å². The van der Waals surface area contributed by atoms with Crippen LogP contribution < -0.4 is 10.5 Å². The van der Waals surface area contributed by atoms with Gasteiger partial charge in [-0.2, -0.15) is 0 Å². The van der Waals surface area contributed by atoms with Crippen molar-refractivity contribution in [2.75, 3.05) is 12.8 Å². The fourth-order valence-electron chi connectivity index (χ4n) is 2.03. The Kier molecular flexibility index (Phi) is 2.81. The summed E-state index contributed by atoms with van der Waals surface area (Å²) in [6.07, 6.45) is 2.17. The van der Waals surface area contributed by atoms with Gasteiger partial charge in [-0.1, -0.05) is 0 Å². The minimum Gasteiger partial charge on any atom is -0.496 e. The lowest BCUT2D eigenvalue weighted by molar-refractivity contribution is 0.415. The van der Waals surface area contributed by atoms with E-state index in [0.29, 0.717) is 28.7 Å². The molecule has 1 aromatic carbocycles. The first-order valence-corrected chi connectivity index (χ1v) is 6.16. The van der Waals surface area contributed by atoms with Gasteiger partial charge in [0.15, 0.2) is 0 Å². The Morgan fingerprint density at radius 3 is 2.74 bits per heavy atom. The lowest BCUT2D eigenvalue weighted by Crippen LogP contribution is -2.01. The highest BCUT2D eigenvalue weighted by Crippen LogP contribution is 2.39. The molecular weight excluding hydrogens is 245 g/mol. The molecule has 0 radical (unpaired) electrons. The second-order valence-electron chi connectivity index (χ2n) is 4.66. The summed E-state index contributed by atoms with van der Waals surface area (Å²) in [5, 5.41) is 0. The molecule has 1 heterocycles. The molecule has 1 aromatic heterocycles. The number of benzene rings is 1. The van der Waals surface area contributed by atoms with E-state index in [4.69, 9.17) is 10.5 Å². The van der Waals surface area contributed by atoms with Crippen LogP contribution in [0.15, 0.2) is 24.3 Å². The summed E-state index contributed by atoms with van der Waals surface area (Å²) in [4.78, 5) is 8.71. The van der Waals surface area contributed by atoms with Crippen LogP contribution in [0.2, 0.25) is 0 Å². The van der Waals surface area contributed by atoms with Crippen molar-refractivity contribution in [3.8, 4) is 17.0 Å². The smallest absolute Gasteiger partial charge is 0.134 e.